The highest BCUT2D eigenvalue weighted by Gasteiger charge is 2.11. The Hall–Kier alpha value is -1.20. The van der Waals surface area contributed by atoms with Gasteiger partial charge in [0.25, 0.3) is 0 Å². The van der Waals surface area contributed by atoms with E-state index in [1.54, 1.807) is 13.3 Å². The summed E-state index contributed by atoms with van der Waals surface area (Å²) in [5.74, 6) is 1.81. The summed E-state index contributed by atoms with van der Waals surface area (Å²) in [5.41, 5.74) is 2.10. The molecule has 0 bridgehead atoms. The monoisotopic (exact) mass is 358 g/mol. The molecule has 0 saturated heterocycles. The number of alkyl halides is 1. The molecular formula is C14H16BrClN2O2. The van der Waals surface area contributed by atoms with Crippen LogP contribution in [0.3, 0.4) is 0 Å². The van der Waals surface area contributed by atoms with Crippen molar-refractivity contribution in [2.75, 3.05) is 13.7 Å². The molecule has 0 amide bonds. The fourth-order valence-electron chi connectivity index (χ4n) is 1.89. The van der Waals surface area contributed by atoms with Gasteiger partial charge in [0.05, 0.1) is 18.2 Å². The summed E-state index contributed by atoms with van der Waals surface area (Å²) in [6, 6.07) is 5.80. The second-order valence-corrected chi connectivity index (χ2v) is 5.41. The quantitative estimate of drug-likeness (QED) is 0.740. The zero-order valence-electron chi connectivity index (χ0n) is 11.4. The Morgan fingerprint density at radius 1 is 1.40 bits per heavy atom. The molecule has 0 unspecified atom stereocenters. The van der Waals surface area contributed by atoms with Gasteiger partial charge in [-0.2, -0.15) is 5.10 Å². The van der Waals surface area contributed by atoms with Gasteiger partial charge in [-0.25, -0.2) is 0 Å². The highest BCUT2D eigenvalue weighted by atomic mass is 79.9. The summed E-state index contributed by atoms with van der Waals surface area (Å²) >= 11 is 9.33. The maximum atomic E-state index is 5.84. The van der Waals surface area contributed by atoms with Crippen LogP contribution in [-0.4, -0.2) is 23.5 Å². The number of methoxy groups -OCH3 is 1. The fraction of sp³-hybridized carbons (Fsp3) is 0.357. The maximum absolute atomic E-state index is 5.84. The lowest BCUT2D eigenvalue weighted by Gasteiger charge is -2.14. The Morgan fingerprint density at radius 3 is 2.80 bits per heavy atom. The molecule has 1 aromatic heterocycles. The van der Waals surface area contributed by atoms with Crippen LogP contribution < -0.4 is 9.47 Å². The molecule has 4 nitrogen and oxygen atoms in total. The number of halogens is 2. The number of hydrogen-bond donors (Lipinski definition) is 0. The van der Waals surface area contributed by atoms with Crippen LogP contribution in [0.1, 0.15) is 11.3 Å². The summed E-state index contributed by atoms with van der Waals surface area (Å²) in [6.45, 7) is 0.550. The summed E-state index contributed by atoms with van der Waals surface area (Å²) < 4.78 is 13.9. The molecule has 0 aliphatic heterocycles. The first-order chi connectivity index (χ1) is 9.65. The lowest BCUT2D eigenvalue weighted by atomic mass is 10.2. The van der Waals surface area contributed by atoms with E-state index in [1.165, 1.54) is 0 Å². The van der Waals surface area contributed by atoms with Crippen molar-refractivity contribution in [2.24, 2.45) is 7.05 Å². The molecule has 0 saturated carbocycles. The Balaban J connectivity index is 2.07. The molecule has 1 aromatic carbocycles. The van der Waals surface area contributed by atoms with Gasteiger partial charge < -0.3 is 9.47 Å². The zero-order chi connectivity index (χ0) is 14.5. The first-order valence-corrected chi connectivity index (χ1v) is 7.50. The third kappa shape index (κ3) is 3.46. The lowest BCUT2D eigenvalue weighted by Crippen LogP contribution is -2.07. The van der Waals surface area contributed by atoms with E-state index < -0.39 is 0 Å². The van der Waals surface area contributed by atoms with Gasteiger partial charge in [0.2, 0.25) is 0 Å². The van der Waals surface area contributed by atoms with Crippen LogP contribution in [0.25, 0.3) is 0 Å². The molecule has 0 aliphatic carbocycles. The average Bonchev–Trinajstić information content (AvgIpc) is 2.85. The number of ether oxygens (including phenoxy) is 2. The highest BCUT2D eigenvalue weighted by Crippen LogP contribution is 2.37. The Bertz CT molecular complexity index is 587. The normalized spacial score (nSPS) is 10.6. The third-order valence-electron chi connectivity index (χ3n) is 2.97. The number of benzene rings is 1. The van der Waals surface area contributed by atoms with Crippen molar-refractivity contribution in [3.05, 3.63) is 40.1 Å². The zero-order valence-corrected chi connectivity index (χ0v) is 13.7. The minimum atomic E-state index is 0.435. The topological polar surface area (TPSA) is 36.3 Å². The van der Waals surface area contributed by atoms with Crippen molar-refractivity contribution >= 4 is 27.5 Å². The lowest BCUT2D eigenvalue weighted by molar-refractivity contribution is 0.293. The molecule has 0 N–H and O–H groups in total. The molecule has 1 heterocycles. The van der Waals surface area contributed by atoms with E-state index >= 15 is 0 Å². The summed E-state index contributed by atoms with van der Waals surface area (Å²) in [5, 5.41) is 4.13. The first-order valence-electron chi connectivity index (χ1n) is 6.17. The summed E-state index contributed by atoms with van der Waals surface area (Å²) in [7, 11) is 3.54. The SMILES string of the molecule is COc1cc(CCl)cc(Br)c1OCCc1ccnn1C. The van der Waals surface area contributed by atoms with E-state index in [0.717, 1.165) is 22.2 Å². The molecule has 0 radical (unpaired) electrons. The molecule has 2 aromatic rings. The Kier molecular flexibility index (Phi) is 5.31. The van der Waals surface area contributed by atoms with Gasteiger partial charge in [-0.15, -0.1) is 11.6 Å². The van der Waals surface area contributed by atoms with Gasteiger partial charge in [0.1, 0.15) is 0 Å². The van der Waals surface area contributed by atoms with Crippen LogP contribution in [0.4, 0.5) is 0 Å². The van der Waals surface area contributed by atoms with Crippen LogP contribution in [0, 0.1) is 0 Å². The summed E-state index contributed by atoms with van der Waals surface area (Å²) in [6.07, 6.45) is 2.56. The molecule has 0 spiro atoms. The molecule has 108 valence electrons. The molecule has 20 heavy (non-hydrogen) atoms. The van der Waals surface area contributed by atoms with Crippen LogP contribution >= 0.6 is 27.5 Å². The van der Waals surface area contributed by atoms with Gasteiger partial charge in [0, 0.05) is 31.2 Å². The number of rotatable bonds is 6. The second-order valence-electron chi connectivity index (χ2n) is 4.29. The third-order valence-corrected chi connectivity index (χ3v) is 3.87. The van der Waals surface area contributed by atoms with E-state index in [0.29, 0.717) is 24.0 Å². The van der Waals surface area contributed by atoms with Crippen LogP contribution in [0.5, 0.6) is 11.5 Å². The number of hydrogen-bond acceptors (Lipinski definition) is 3. The Morgan fingerprint density at radius 2 is 2.20 bits per heavy atom. The van der Waals surface area contributed by atoms with Crippen molar-refractivity contribution in [3.63, 3.8) is 0 Å². The maximum Gasteiger partial charge on any atom is 0.175 e. The number of aryl methyl sites for hydroxylation is 1. The minimum absolute atomic E-state index is 0.435. The van der Waals surface area contributed by atoms with Crippen LogP contribution in [-0.2, 0) is 19.3 Å². The van der Waals surface area contributed by atoms with Crippen molar-refractivity contribution in [2.45, 2.75) is 12.3 Å². The van der Waals surface area contributed by atoms with Gasteiger partial charge in [0.15, 0.2) is 11.5 Å². The molecule has 0 atom stereocenters. The van der Waals surface area contributed by atoms with Gasteiger partial charge in [-0.3, -0.25) is 4.68 Å². The van der Waals surface area contributed by atoms with Crippen molar-refractivity contribution in [1.29, 1.82) is 0 Å². The largest absolute Gasteiger partial charge is 0.493 e. The molecule has 6 heteroatoms. The molecule has 0 fully saturated rings. The van der Waals surface area contributed by atoms with E-state index in [4.69, 9.17) is 21.1 Å². The summed E-state index contributed by atoms with van der Waals surface area (Å²) in [4.78, 5) is 0. The van der Waals surface area contributed by atoms with Crippen molar-refractivity contribution < 1.29 is 9.47 Å². The molecule has 0 aliphatic rings. The standard InChI is InChI=1S/C14H16BrClN2O2/c1-18-11(3-5-17-18)4-6-20-14-12(15)7-10(9-16)8-13(14)19-2/h3,5,7-8H,4,6,9H2,1-2H3. The number of aromatic nitrogens is 2. The average molecular weight is 360 g/mol. The predicted octanol–water partition coefficient (Wildman–Crippen LogP) is 3.55. The fourth-order valence-corrected chi connectivity index (χ4v) is 2.65. The first kappa shape index (κ1) is 15.2. The van der Waals surface area contributed by atoms with Gasteiger partial charge in [-0.1, -0.05) is 0 Å². The van der Waals surface area contributed by atoms with Crippen LogP contribution in [0.15, 0.2) is 28.9 Å². The van der Waals surface area contributed by atoms with E-state index in [1.807, 2.05) is 29.9 Å². The minimum Gasteiger partial charge on any atom is -0.493 e. The van der Waals surface area contributed by atoms with Crippen molar-refractivity contribution in [1.82, 2.24) is 9.78 Å². The molecule has 2 rings (SSSR count). The number of nitrogens with zero attached hydrogens (tertiary/aromatic N) is 2. The van der Waals surface area contributed by atoms with E-state index in [2.05, 4.69) is 21.0 Å². The van der Waals surface area contributed by atoms with Gasteiger partial charge in [-0.05, 0) is 39.7 Å². The van der Waals surface area contributed by atoms with Crippen molar-refractivity contribution in [3.8, 4) is 11.5 Å². The van der Waals surface area contributed by atoms with E-state index in [9.17, 15) is 0 Å². The van der Waals surface area contributed by atoms with E-state index in [-0.39, 0.29) is 0 Å². The Labute approximate surface area is 131 Å². The molecular weight excluding hydrogens is 344 g/mol. The van der Waals surface area contributed by atoms with Gasteiger partial charge >= 0.3 is 0 Å². The smallest absolute Gasteiger partial charge is 0.175 e. The predicted molar refractivity (Wildman–Crippen MR) is 82.7 cm³/mol. The second kappa shape index (κ2) is 6.99. The highest BCUT2D eigenvalue weighted by molar-refractivity contribution is 9.10. The van der Waals surface area contributed by atoms with Crippen LogP contribution in [0.2, 0.25) is 0 Å².